The van der Waals surface area contributed by atoms with E-state index in [4.69, 9.17) is 0 Å². The topological polar surface area (TPSA) is 42.7 Å². The zero-order valence-corrected chi connectivity index (χ0v) is 10.1. The van der Waals surface area contributed by atoms with Gasteiger partial charge in [-0.15, -0.1) is 0 Å². The van der Waals surface area contributed by atoms with E-state index >= 15 is 0 Å². The van der Waals surface area contributed by atoms with Gasteiger partial charge in [0, 0.05) is 12.6 Å². The van der Waals surface area contributed by atoms with Crippen molar-refractivity contribution in [3.05, 3.63) is 12.7 Å². The van der Waals surface area contributed by atoms with E-state index in [-0.39, 0.29) is 0 Å². The molecule has 1 saturated carbocycles. The number of aromatic nitrogens is 3. The Kier molecular flexibility index (Phi) is 4.34. The van der Waals surface area contributed by atoms with Crippen LogP contribution in [0.25, 0.3) is 0 Å². The van der Waals surface area contributed by atoms with Crippen molar-refractivity contribution < 1.29 is 0 Å². The van der Waals surface area contributed by atoms with Crippen LogP contribution < -0.4 is 5.32 Å². The largest absolute Gasteiger partial charge is 0.312 e. The molecule has 4 heteroatoms. The van der Waals surface area contributed by atoms with Crippen molar-refractivity contribution in [2.24, 2.45) is 5.92 Å². The molecule has 1 aromatic heterocycles. The molecule has 1 fully saturated rings. The Hall–Kier alpha value is -0.900. The van der Waals surface area contributed by atoms with Crippen LogP contribution in [0.3, 0.4) is 0 Å². The monoisotopic (exact) mass is 222 g/mol. The number of hydrogen-bond donors (Lipinski definition) is 1. The predicted molar refractivity (Wildman–Crippen MR) is 64.1 cm³/mol. The highest BCUT2D eigenvalue weighted by Crippen LogP contribution is 2.26. The van der Waals surface area contributed by atoms with E-state index in [1.54, 1.807) is 12.7 Å². The molecule has 1 aliphatic carbocycles. The number of nitrogens with zero attached hydrogens (tertiary/aromatic N) is 3. The summed E-state index contributed by atoms with van der Waals surface area (Å²) in [6, 6.07) is 0.642. The maximum absolute atomic E-state index is 4.09. The van der Waals surface area contributed by atoms with E-state index in [1.165, 1.54) is 32.1 Å². The third-order valence-electron chi connectivity index (χ3n) is 3.63. The normalized spacial score (nSPS) is 19.8. The van der Waals surface area contributed by atoms with Gasteiger partial charge in [0.05, 0.1) is 6.54 Å². The first-order chi connectivity index (χ1) is 7.86. The predicted octanol–water partition coefficient (Wildman–Crippen LogP) is 1.84. The highest BCUT2D eigenvalue weighted by Gasteiger charge is 2.19. The minimum Gasteiger partial charge on any atom is -0.312 e. The van der Waals surface area contributed by atoms with Gasteiger partial charge in [0.1, 0.15) is 12.7 Å². The van der Waals surface area contributed by atoms with Gasteiger partial charge in [-0.05, 0) is 25.7 Å². The summed E-state index contributed by atoms with van der Waals surface area (Å²) in [4.78, 5) is 3.93. The minimum atomic E-state index is 0.642. The van der Waals surface area contributed by atoms with Crippen molar-refractivity contribution in [3.63, 3.8) is 0 Å². The van der Waals surface area contributed by atoms with Crippen LogP contribution in [0, 0.1) is 5.92 Å². The van der Waals surface area contributed by atoms with Crippen molar-refractivity contribution in [1.29, 1.82) is 0 Å². The number of rotatable bonds is 5. The molecule has 2 rings (SSSR count). The Morgan fingerprint density at radius 3 is 2.88 bits per heavy atom. The van der Waals surface area contributed by atoms with Crippen LogP contribution in [-0.2, 0) is 6.54 Å². The molecule has 0 radical (unpaired) electrons. The fourth-order valence-electron chi connectivity index (χ4n) is 2.56. The molecule has 0 saturated heterocycles. The summed E-state index contributed by atoms with van der Waals surface area (Å²) in [5.41, 5.74) is 0. The quantitative estimate of drug-likeness (QED) is 0.826. The van der Waals surface area contributed by atoms with Gasteiger partial charge >= 0.3 is 0 Å². The molecule has 1 atom stereocenters. The molecule has 4 nitrogen and oxygen atoms in total. The molecule has 16 heavy (non-hydrogen) atoms. The smallest absolute Gasteiger partial charge is 0.137 e. The Balaban J connectivity index is 1.65. The first-order valence-electron chi connectivity index (χ1n) is 6.42. The summed E-state index contributed by atoms with van der Waals surface area (Å²) in [5, 5.41) is 7.69. The molecule has 1 aliphatic rings. The average molecular weight is 222 g/mol. The Bertz CT molecular complexity index is 277. The van der Waals surface area contributed by atoms with Crippen molar-refractivity contribution in [2.75, 3.05) is 6.54 Å². The van der Waals surface area contributed by atoms with E-state index in [1.807, 2.05) is 4.68 Å². The van der Waals surface area contributed by atoms with Gasteiger partial charge in [-0.3, -0.25) is 4.68 Å². The van der Waals surface area contributed by atoms with Crippen molar-refractivity contribution in [1.82, 2.24) is 20.1 Å². The average Bonchev–Trinajstić information content (AvgIpc) is 2.83. The Morgan fingerprint density at radius 2 is 2.19 bits per heavy atom. The third kappa shape index (κ3) is 3.30. The lowest BCUT2D eigenvalue weighted by atomic mass is 9.84. The molecule has 0 aliphatic heterocycles. The van der Waals surface area contributed by atoms with Crippen LogP contribution in [0.15, 0.2) is 12.7 Å². The molecule has 1 heterocycles. The molecule has 0 bridgehead atoms. The van der Waals surface area contributed by atoms with E-state index in [0.717, 1.165) is 19.0 Å². The van der Waals surface area contributed by atoms with E-state index in [2.05, 4.69) is 22.3 Å². The molecule has 1 aromatic rings. The molecule has 0 amide bonds. The lowest BCUT2D eigenvalue weighted by Crippen LogP contribution is -2.36. The van der Waals surface area contributed by atoms with Gasteiger partial charge in [0.2, 0.25) is 0 Å². The van der Waals surface area contributed by atoms with Crippen LogP contribution in [0.5, 0.6) is 0 Å². The van der Waals surface area contributed by atoms with Crippen LogP contribution >= 0.6 is 0 Å². The SMILES string of the molecule is CC(NCCn1cncn1)C1CCCCC1. The minimum absolute atomic E-state index is 0.642. The third-order valence-corrected chi connectivity index (χ3v) is 3.63. The fourth-order valence-corrected chi connectivity index (χ4v) is 2.56. The first kappa shape index (κ1) is 11.6. The van der Waals surface area contributed by atoms with Crippen molar-refractivity contribution in [3.8, 4) is 0 Å². The molecule has 90 valence electrons. The lowest BCUT2D eigenvalue weighted by Gasteiger charge is -2.28. The summed E-state index contributed by atoms with van der Waals surface area (Å²) in [7, 11) is 0. The summed E-state index contributed by atoms with van der Waals surface area (Å²) >= 11 is 0. The second-order valence-corrected chi connectivity index (χ2v) is 4.80. The first-order valence-corrected chi connectivity index (χ1v) is 6.42. The highest BCUT2D eigenvalue weighted by atomic mass is 15.3. The maximum Gasteiger partial charge on any atom is 0.137 e. The van der Waals surface area contributed by atoms with E-state index < -0.39 is 0 Å². The zero-order valence-electron chi connectivity index (χ0n) is 10.1. The standard InChI is InChI=1S/C12H22N4/c1-11(12-5-3-2-4-6-12)14-7-8-16-10-13-9-15-16/h9-12,14H,2-8H2,1H3. The van der Waals surface area contributed by atoms with Gasteiger partial charge in [-0.1, -0.05) is 19.3 Å². The van der Waals surface area contributed by atoms with Crippen LogP contribution in [0.1, 0.15) is 39.0 Å². The molecule has 1 N–H and O–H groups in total. The zero-order chi connectivity index (χ0) is 11.2. The van der Waals surface area contributed by atoms with E-state index in [0.29, 0.717) is 6.04 Å². The number of nitrogens with one attached hydrogen (secondary N) is 1. The number of hydrogen-bond acceptors (Lipinski definition) is 3. The van der Waals surface area contributed by atoms with Crippen molar-refractivity contribution in [2.45, 2.75) is 51.6 Å². The molecule has 1 unspecified atom stereocenters. The molecule has 0 aromatic carbocycles. The highest BCUT2D eigenvalue weighted by molar-refractivity contribution is 4.75. The fraction of sp³-hybridized carbons (Fsp3) is 0.833. The van der Waals surface area contributed by atoms with Gasteiger partial charge in [0.25, 0.3) is 0 Å². The van der Waals surface area contributed by atoms with Crippen LogP contribution in [0.4, 0.5) is 0 Å². The lowest BCUT2D eigenvalue weighted by molar-refractivity contribution is 0.279. The Morgan fingerprint density at radius 1 is 1.38 bits per heavy atom. The second-order valence-electron chi connectivity index (χ2n) is 4.80. The van der Waals surface area contributed by atoms with Crippen LogP contribution in [0.2, 0.25) is 0 Å². The second kappa shape index (κ2) is 5.99. The summed E-state index contributed by atoms with van der Waals surface area (Å²) < 4.78 is 1.88. The van der Waals surface area contributed by atoms with Crippen LogP contribution in [-0.4, -0.2) is 27.4 Å². The molecular weight excluding hydrogens is 200 g/mol. The van der Waals surface area contributed by atoms with Gasteiger partial charge in [0.15, 0.2) is 0 Å². The van der Waals surface area contributed by atoms with Gasteiger partial charge in [-0.2, -0.15) is 5.10 Å². The van der Waals surface area contributed by atoms with Gasteiger partial charge in [-0.25, -0.2) is 4.98 Å². The summed E-state index contributed by atoms with van der Waals surface area (Å²) in [6.45, 7) is 4.22. The van der Waals surface area contributed by atoms with Crippen molar-refractivity contribution >= 4 is 0 Å². The summed E-state index contributed by atoms with van der Waals surface area (Å²) in [5.74, 6) is 0.879. The van der Waals surface area contributed by atoms with E-state index in [9.17, 15) is 0 Å². The Labute approximate surface area is 97.5 Å². The van der Waals surface area contributed by atoms with Gasteiger partial charge < -0.3 is 5.32 Å². The summed E-state index contributed by atoms with van der Waals surface area (Å²) in [6.07, 6.45) is 10.4. The molecular formula is C12H22N4. The maximum atomic E-state index is 4.09. The molecule has 0 spiro atoms.